The van der Waals surface area contributed by atoms with E-state index in [1.165, 1.54) is 0 Å². The predicted molar refractivity (Wildman–Crippen MR) is 45.8 cm³/mol. The zero-order chi connectivity index (χ0) is 10.5. The molecule has 0 rings (SSSR count). The fourth-order valence-corrected chi connectivity index (χ4v) is 1.26. The van der Waals surface area contributed by atoms with Gasteiger partial charge in [0.25, 0.3) is 10.0 Å². The Morgan fingerprint density at radius 3 is 2.38 bits per heavy atom. The Bertz CT molecular complexity index is 229. The van der Waals surface area contributed by atoms with E-state index in [9.17, 15) is 17.2 Å². The van der Waals surface area contributed by atoms with Gasteiger partial charge >= 0.3 is 5.76 Å². The minimum absolute atomic E-state index is 0.00815. The van der Waals surface area contributed by atoms with Gasteiger partial charge in [0.15, 0.2) is 0 Å². The van der Waals surface area contributed by atoms with Gasteiger partial charge in [-0.25, -0.2) is 13.1 Å². The molecule has 1 atom stereocenters. The molecular weight excluding hydrogens is 202 g/mol. The van der Waals surface area contributed by atoms with Crippen molar-refractivity contribution in [2.45, 2.75) is 31.6 Å². The quantitative estimate of drug-likeness (QED) is 0.625. The van der Waals surface area contributed by atoms with Crippen LogP contribution < -0.4 is 10.5 Å². The van der Waals surface area contributed by atoms with Crippen molar-refractivity contribution in [2.24, 2.45) is 5.73 Å². The van der Waals surface area contributed by atoms with Crippen molar-refractivity contribution >= 4 is 10.0 Å². The molecule has 0 bridgehead atoms. The van der Waals surface area contributed by atoms with Gasteiger partial charge in [0, 0.05) is 12.6 Å². The Hall–Kier alpha value is -0.270. The Balaban J connectivity index is 3.66. The van der Waals surface area contributed by atoms with E-state index in [0.717, 1.165) is 0 Å². The number of hydrogen-bond acceptors (Lipinski definition) is 3. The van der Waals surface area contributed by atoms with Crippen molar-refractivity contribution < 1.29 is 17.2 Å². The summed E-state index contributed by atoms with van der Waals surface area (Å²) in [6, 6.07) is -0.0453. The standard InChI is InChI=1S/C6H14F2N2O2S/c1-5(9)3-2-4-10-13(11,12)6(7)8/h5-6,10H,2-4,9H2,1H3. The molecule has 0 saturated carbocycles. The minimum atomic E-state index is -4.42. The highest BCUT2D eigenvalue weighted by molar-refractivity contribution is 7.89. The normalized spacial score (nSPS) is 14.8. The summed E-state index contributed by atoms with van der Waals surface area (Å²) in [7, 11) is -4.42. The second-order valence-electron chi connectivity index (χ2n) is 2.82. The molecule has 4 nitrogen and oxygen atoms in total. The number of alkyl halides is 2. The summed E-state index contributed by atoms with van der Waals surface area (Å²) in [5, 5.41) is 0. The van der Waals surface area contributed by atoms with E-state index in [2.05, 4.69) is 0 Å². The summed E-state index contributed by atoms with van der Waals surface area (Å²) in [4.78, 5) is 0. The van der Waals surface area contributed by atoms with Crippen LogP contribution in [0, 0.1) is 0 Å². The lowest BCUT2D eigenvalue weighted by Gasteiger charge is -2.06. The molecule has 80 valence electrons. The Morgan fingerprint density at radius 2 is 2.00 bits per heavy atom. The zero-order valence-electron chi connectivity index (χ0n) is 7.33. The van der Waals surface area contributed by atoms with Gasteiger partial charge in [-0.2, -0.15) is 8.78 Å². The molecule has 0 aliphatic rings. The topological polar surface area (TPSA) is 72.2 Å². The van der Waals surface area contributed by atoms with Crippen molar-refractivity contribution in [3.05, 3.63) is 0 Å². The molecule has 0 spiro atoms. The first-order chi connectivity index (χ1) is 5.86. The molecule has 7 heteroatoms. The highest BCUT2D eigenvalue weighted by atomic mass is 32.2. The third kappa shape index (κ3) is 5.89. The molecule has 0 aliphatic carbocycles. The molecule has 1 unspecified atom stereocenters. The first kappa shape index (κ1) is 12.7. The van der Waals surface area contributed by atoms with Crippen LogP contribution in [0.15, 0.2) is 0 Å². The van der Waals surface area contributed by atoms with Gasteiger partial charge in [0.05, 0.1) is 0 Å². The van der Waals surface area contributed by atoms with Crippen LogP contribution in [0.2, 0.25) is 0 Å². The number of nitrogens with two attached hydrogens (primary N) is 1. The fourth-order valence-electron chi connectivity index (χ4n) is 0.701. The number of hydrogen-bond donors (Lipinski definition) is 2. The molecule has 0 heterocycles. The van der Waals surface area contributed by atoms with Gasteiger partial charge < -0.3 is 5.73 Å². The summed E-state index contributed by atoms with van der Waals surface area (Å²) in [6.07, 6.45) is 1.06. The van der Waals surface area contributed by atoms with Crippen LogP contribution in [0.5, 0.6) is 0 Å². The van der Waals surface area contributed by atoms with Crippen LogP contribution >= 0.6 is 0 Å². The van der Waals surface area contributed by atoms with E-state index >= 15 is 0 Å². The zero-order valence-corrected chi connectivity index (χ0v) is 8.15. The van der Waals surface area contributed by atoms with Crippen molar-refractivity contribution in [3.63, 3.8) is 0 Å². The maximum Gasteiger partial charge on any atom is 0.350 e. The van der Waals surface area contributed by atoms with E-state index in [0.29, 0.717) is 12.8 Å². The fraction of sp³-hybridized carbons (Fsp3) is 1.00. The van der Waals surface area contributed by atoms with Gasteiger partial charge in [-0.3, -0.25) is 0 Å². The monoisotopic (exact) mass is 216 g/mol. The lowest BCUT2D eigenvalue weighted by atomic mass is 10.2. The molecule has 0 aromatic carbocycles. The molecule has 3 N–H and O–H groups in total. The summed E-state index contributed by atoms with van der Waals surface area (Å²) in [6.45, 7) is 1.77. The lowest BCUT2D eigenvalue weighted by Crippen LogP contribution is -2.31. The minimum Gasteiger partial charge on any atom is -0.328 e. The molecule has 0 saturated heterocycles. The molecule has 0 aromatic heterocycles. The van der Waals surface area contributed by atoms with E-state index in [1.54, 1.807) is 11.6 Å². The Kier molecular flexibility index (Phi) is 5.34. The van der Waals surface area contributed by atoms with E-state index in [-0.39, 0.29) is 12.6 Å². The van der Waals surface area contributed by atoms with Gasteiger partial charge in [0.2, 0.25) is 0 Å². The average Bonchev–Trinajstić information content (AvgIpc) is 1.97. The molecule has 0 amide bonds. The SMILES string of the molecule is CC(N)CCCNS(=O)(=O)C(F)F. The van der Waals surface area contributed by atoms with Crippen molar-refractivity contribution in [1.29, 1.82) is 0 Å². The Morgan fingerprint density at radius 1 is 1.46 bits per heavy atom. The maximum atomic E-state index is 11.7. The van der Waals surface area contributed by atoms with Gasteiger partial charge in [-0.15, -0.1) is 0 Å². The van der Waals surface area contributed by atoms with E-state index in [4.69, 9.17) is 5.73 Å². The summed E-state index contributed by atoms with van der Waals surface area (Å²) < 4.78 is 46.2. The van der Waals surface area contributed by atoms with Crippen LogP contribution in [-0.2, 0) is 10.0 Å². The summed E-state index contributed by atoms with van der Waals surface area (Å²) in [5.74, 6) is -3.36. The first-order valence-electron chi connectivity index (χ1n) is 3.88. The lowest BCUT2D eigenvalue weighted by molar-refractivity contribution is 0.232. The summed E-state index contributed by atoms with van der Waals surface area (Å²) in [5.41, 5.74) is 5.38. The predicted octanol–water partition coefficient (Wildman–Crippen LogP) is 0.256. The van der Waals surface area contributed by atoms with E-state index < -0.39 is 15.8 Å². The smallest absolute Gasteiger partial charge is 0.328 e. The molecule has 0 aromatic rings. The molecule has 0 fully saturated rings. The van der Waals surface area contributed by atoms with Crippen molar-refractivity contribution in [1.82, 2.24) is 4.72 Å². The van der Waals surface area contributed by atoms with Crippen LogP contribution in [0.4, 0.5) is 8.78 Å². The second kappa shape index (κ2) is 5.46. The highest BCUT2D eigenvalue weighted by Crippen LogP contribution is 2.01. The Labute approximate surface area is 76.5 Å². The van der Waals surface area contributed by atoms with Crippen LogP contribution in [-0.4, -0.2) is 26.8 Å². The number of halogens is 2. The third-order valence-corrected chi connectivity index (χ3v) is 2.45. The number of rotatable bonds is 6. The van der Waals surface area contributed by atoms with Gasteiger partial charge in [0.1, 0.15) is 0 Å². The first-order valence-corrected chi connectivity index (χ1v) is 5.43. The maximum absolute atomic E-state index is 11.7. The molecule has 0 radical (unpaired) electrons. The number of sulfonamides is 1. The average molecular weight is 216 g/mol. The van der Waals surface area contributed by atoms with E-state index in [1.807, 2.05) is 0 Å². The van der Waals surface area contributed by atoms with Crippen molar-refractivity contribution in [3.8, 4) is 0 Å². The molecule has 0 aliphatic heterocycles. The van der Waals surface area contributed by atoms with Crippen LogP contribution in [0.3, 0.4) is 0 Å². The summed E-state index contributed by atoms with van der Waals surface area (Å²) >= 11 is 0. The van der Waals surface area contributed by atoms with Crippen LogP contribution in [0.25, 0.3) is 0 Å². The van der Waals surface area contributed by atoms with Crippen molar-refractivity contribution in [2.75, 3.05) is 6.54 Å². The molecular formula is C6H14F2N2O2S. The second-order valence-corrected chi connectivity index (χ2v) is 4.55. The van der Waals surface area contributed by atoms with Gasteiger partial charge in [-0.1, -0.05) is 0 Å². The highest BCUT2D eigenvalue weighted by Gasteiger charge is 2.22. The third-order valence-electron chi connectivity index (χ3n) is 1.37. The largest absolute Gasteiger partial charge is 0.350 e. The van der Waals surface area contributed by atoms with Crippen LogP contribution in [0.1, 0.15) is 19.8 Å². The van der Waals surface area contributed by atoms with Gasteiger partial charge in [-0.05, 0) is 19.8 Å². The molecule has 13 heavy (non-hydrogen) atoms. The number of nitrogens with one attached hydrogen (secondary N) is 1.